The second-order valence-corrected chi connectivity index (χ2v) is 5.70. The molecule has 0 saturated carbocycles. The van der Waals surface area contributed by atoms with Crippen molar-refractivity contribution in [2.24, 2.45) is 0 Å². The molecule has 0 radical (unpaired) electrons. The maximum absolute atomic E-state index is 12.5. The van der Waals surface area contributed by atoms with Gasteiger partial charge in [-0.25, -0.2) is 4.79 Å². The summed E-state index contributed by atoms with van der Waals surface area (Å²) in [6, 6.07) is 7.79. The van der Waals surface area contributed by atoms with E-state index < -0.39 is 17.9 Å². The molecule has 3 N–H and O–H groups in total. The smallest absolute Gasteiger partial charge is 0.326 e. The van der Waals surface area contributed by atoms with Crippen molar-refractivity contribution in [1.29, 1.82) is 0 Å². The Labute approximate surface area is 154 Å². The molecule has 0 aliphatic heterocycles. The van der Waals surface area contributed by atoms with Gasteiger partial charge in [0.2, 0.25) is 17.6 Å². The van der Waals surface area contributed by atoms with Gasteiger partial charge in [-0.1, -0.05) is 18.2 Å². The Morgan fingerprint density at radius 1 is 1.19 bits per heavy atom. The summed E-state index contributed by atoms with van der Waals surface area (Å²) in [5.74, 6) is -1.87. The van der Waals surface area contributed by atoms with Crippen LogP contribution in [0.3, 0.4) is 0 Å². The molecule has 1 unspecified atom stereocenters. The minimum atomic E-state index is -1.16. The summed E-state index contributed by atoms with van der Waals surface area (Å²) < 4.78 is 10.0. The number of rotatable bonds is 7. The van der Waals surface area contributed by atoms with Crippen LogP contribution in [-0.4, -0.2) is 52.2 Å². The minimum absolute atomic E-state index is 0.103. The predicted octanol–water partition coefficient (Wildman–Crippen LogP) is 1.40. The average Bonchev–Trinajstić information content (AvgIpc) is 3.09. The van der Waals surface area contributed by atoms with Crippen LogP contribution < -0.4 is 14.8 Å². The third-order valence-corrected chi connectivity index (χ3v) is 4.00. The second kappa shape index (κ2) is 7.73. The van der Waals surface area contributed by atoms with Crippen LogP contribution in [0.25, 0.3) is 10.9 Å². The number of ether oxygens (including phenoxy) is 2. The first-order valence-electron chi connectivity index (χ1n) is 8.07. The summed E-state index contributed by atoms with van der Waals surface area (Å²) in [6.45, 7) is 0. The fourth-order valence-electron chi connectivity index (χ4n) is 2.66. The van der Waals surface area contributed by atoms with Gasteiger partial charge in [-0.2, -0.15) is 9.97 Å². The molecule has 0 saturated heterocycles. The zero-order valence-electron chi connectivity index (χ0n) is 14.7. The number of benzene rings is 1. The lowest BCUT2D eigenvalue weighted by Crippen LogP contribution is -2.42. The first-order valence-corrected chi connectivity index (χ1v) is 8.07. The topological polar surface area (TPSA) is 126 Å². The molecular weight excluding hydrogens is 352 g/mol. The molecule has 1 atom stereocenters. The zero-order valence-corrected chi connectivity index (χ0v) is 14.7. The number of fused-ring (bicyclic) bond motifs is 1. The van der Waals surface area contributed by atoms with Gasteiger partial charge < -0.3 is 24.9 Å². The normalized spacial score (nSPS) is 11.8. The molecule has 0 spiro atoms. The fourth-order valence-corrected chi connectivity index (χ4v) is 2.66. The number of methoxy groups -OCH3 is 2. The Balaban J connectivity index is 1.82. The van der Waals surface area contributed by atoms with Crippen molar-refractivity contribution in [2.45, 2.75) is 12.5 Å². The van der Waals surface area contributed by atoms with E-state index in [0.717, 1.165) is 16.5 Å². The van der Waals surface area contributed by atoms with Crippen LogP contribution >= 0.6 is 0 Å². The lowest BCUT2D eigenvalue weighted by Gasteiger charge is -2.14. The lowest BCUT2D eigenvalue weighted by molar-refractivity contribution is -0.139. The number of hydrogen-bond donors (Lipinski definition) is 3. The number of carboxylic acids is 1. The molecule has 1 aromatic carbocycles. The average molecular weight is 370 g/mol. The van der Waals surface area contributed by atoms with Crippen LogP contribution in [0.5, 0.6) is 11.8 Å². The highest BCUT2D eigenvalue weighted by Crippen LogP contribution is 2.19. The molecule has 140 valence electrons. The van der Waals surface area contributed by atoms with E-state index in [0.29, 0.717) is 0 Å². The third kappa shape index (κ3) is 3.97. The van der Waals surface area contributed by atoms with E-state index in [4.69, 9.17) is 9.47 Å². The molecule has 0 aliphatic rings. The molecule has 1 amide bonds. The number of carbonyl (C=O) groups excluding carboxylic acids is 1. The lowest BCUT2D eigenvalue weighted by atomic mass is 10.0. The first kappa shape index (κ1) is 18.2. The molecule has 0 fully saturated rings. The van der Waals surface area contributed by atoms with Gasteiger partial charge in [0, 0.05) is 23.5 Å². The number of hydrogen-bond acceptors (Lipinski definition) is 6. The summed E-state index contributed by atoms with van der Waals surface area (Å²) >= 11 is 0. The van der Waals surface area contributed by atoms with Crippen molar-refractivity contribution >= 4 is 22.8 Å². The largest absolute Gasteiger partial charge is 0.481 e. The molecular formula is C18H18N4O5. The summed E-state index contributed by atoms with van der Waals surface area (Å²) in [5.41, 5.74) is 1.67. The molecule has 9 nitrogen and oxygen atoms in total. The van der Waals surface area contributed by atoms with Crippen molar-refractivity contribution in [3.05, 3.63) is 47.9 Å². The fraction of sp³-hybridized carbons (Fsp3) is 0.222. The molecule has 0 aliphatic carbocycles. The van der Waals surface area contributed by atoms with Gasteiger partial charge >= 0.3 is 5.97 Å². The van der Waals surface area contributed by atoms with Crippen LogP contribution in [0.4, 0.5) is 0 Å². The predicted molar refractivity (Wildman–Crippen MR) is 96.0 cm³/mol. The Bertz CT molecular complexity index is 963. The molecule has 9 heteroatoms. The highest BCUT2D eigenvalue weighted by molar-refractivity contribution is 5.94. The van der Waals surface area contributed by atoms with E-state index in [2.05, 4.69) is 20.3 Å². The number of aromatic nitrogens is 3. The number of nitrogens with one attached hydrogen (secondary N) is 2. The van der Waals surface area contributed by atoms with Crippen LogP contribution in [0.1, 0.15) is 16.2 Å². The molecule has 3 aromatic rings. The van der Waals surface area contributed by atoms with Gasteiger partial charge in [0.1, 0.15) is 6.04 Å². The van der Waals surface area contributed by atoms with E-state index in [9.17, 15) is 14.7 Å². The monoisotopic (exact) mass is 370 g/mol. The van der Waals surface area contributed by atoms with Crippen molar-refractivity contribution in [3.63, 3.8) is 0 Å². The van der Waals surface area contributed by atoms with E-state index in [-0.39, 0.29) is 24.0 Å². The standard InChI is InChI=1S/C18H18N4O5/c1-26-14-8-15(27-2)22-16(21-14)17(23)20-13(18(24)25)7-10-9-19-12-6-4-3-5-11(10)12/h3-6,8-9,13,19H,7H2,1-2H3,(H,20,23)(H,24,25). The van der Waals surface area contributed by atoms with E-state index in [1.54, 1.807) is 6.20 Å². The quantitative estimate of drug-likeness (QED) is 0.574. The number of H-pyrrole nitrogens is 1. The zero-order chi connectivity index (χ0) is 19.4. The van der Waals surface area contributed by atoms with Gasteiger partial charge in [0.05, 0.1) is 20.3 Å². The maximum atomic E-state index is 12.5. The summed E-state index contributed by atoms with van der Waals surface area (Å²) in [5, 5.41) is 12.9. The second-order valence-electron chi connectivity index (χ2n) is 5.70. The van der Waals surface area contributed by atoms with Crippen LogP contribution in [-0.2, 0) is 11.2 Å². The number of aromatic amines is 1. The van der Waals surface area contributed by atoms with Crippen molar-refractivity contribution in [1.82, 2.24) is 20.3 Å². The molecule has 3 rings (SSSR count). The maximum Gasteiger partial charge on any atom is 0.326 e. The number of amides is 1. The van der Waals surface area contributed by atoms with Gasteiger partial charge in [-0.05, 0) is 11.6 Å². The highest BCUT2D eigenvalue weighted by atomic mass is 16.5. The first-order chi connectivity index (χ1) is 13.0. The highest BCUT2D eigenvalue weighted by Gasteiger charge is 2.24. The van der Waals surface area contributed by atoms with E-state index in [1.165, 1.54) is 20.3 Å². The molecule has 0 bridgehead atoms. The Morgan fingerprint density at radius 2 is 1.85 bits per heavy atom. The summed E-state index contributed by atoms with van der Waals surface area (Å²) in [4.78, 5) is 35.1. The van der Waals surface area contributed by atoms with Crippen molar-refractivity contribution < 1.29 is 24.2 Å². The minimum Gasteiger partial charge on any atom is -0.481 e. The summed E-state index contributed by atoms with van der Waals surface area (Å²) in [6.07, 6.45) is 1.84. The third-order valence-electron chi connectivity index (χ3n) is 4.00. The van der Waals surface area contributed by atoms with Gasteiger partial charge in [0.25, 0.3) is 5.91 Å². The Morgan fingerprint density at radius 3 is 2.48 bits per heavy atom. The molecule has 2 heterocycles. The number of nitrogens with zero attached hydrogens (tertiary/aromatic N) is 2. The van der Waals surface area contributed by atoms with E-state index >= 15 is 0 Å². The number of aliphatic carboxylic acids is 1. The van der Waals surface area contributed by atoms with Gasteiger partial charge in [-0.15, -0.1) is 0 Å². The van der Waals surface area contributed by atoms with Crippen molar-refractivity contribution in [2.75, 3.05) is 14.2 Å². The van der Waals surface area contributed by atoms with Crippen LogP contribution in [0.15, 0.2) is 36.5 Å². The van der Waals surface area contributed by atoms with Crippen LogP contribution in [0.2, 0.25) is 0 Å². The molecule has 27 heavy (non-hydrogen) atoms. The number of carbonyl (C=O) groups is 2. The number of para-hydroxylation sites is 1. The Kier molecular flexibility index (Phi) is 5.20. The molecule has 2 aromatic heterocycles. The van der Waals surface area contributed by atoms with E-state index in [1.807, 2.05) is 24.3 Å². The van der Waals surface area contributed by atoms with Crippen LogP contribution in [0, 0.1) is 0 Å². The Hall–Kier alpha value is -3.62. The summed E-state index contributed by atoms with van der Waals surface area (Å²) in [7, 11) is 2.78. The van der Waals surface area contributed by atoms with Crippen molar-refractivity contribution in [3.8, 4) is 11.8 Å². The number of carboxylic acid groups (broad SMARTS) is 1. The van der Waals surface area contributed by atoms with Gasteiger partial charge in [-0.3, -0.25) is 4.79 Å². The van der Waals surface area contributed by atoms with Gasteiger partial charge in [0.15, 0.2) is 0 Å². The SMILES string of the molecule is COc1cc(OC)nc(C(=O)NC(Cc2c[nH]c3ccccc23)C(=O)O)n1.